The Morgan fingerprint density at radius 3 is 2.90 bits per heavy atom. The first kappa shape index (κ1) is 14.8. The number of likely N-dealkylation sites (tertiary alicyclic amines) is 1. The number of aryl methyl sites for hydroxylation is 1. The smallest absolute Gasteiger partial charge is 0.326 e. The van der Waals surface area contributed by atoms with Crippen molar-refractivity contribution in [2.45, 2.75) is 32.2 Å². The summed E-state index contributed by atoms with van der Waals surface area (Å²) < 4.78 is 0.786. The Kier molecular flexibility index (Phi) is 4.65. The van der Waals surface area contributed by atoms with Gasteiger partial charge in [0.15, 0.2) is 0 Å². The third-order valence-corrected chi connectivity index (χ3v) is 4.17. The molecule has 0 radical (unpaired) electrons. The molecule has 5 nitrogen and oxygen atoms in total. The summed E-state index contributed by atoms with van der Waals surface area (Å²) >= 11 is 3.39. The number of carbonyl (C=O) groups excluding carboxylic acids is 1. The maximum atomic E-state index is 12.2. The summed E-state index contributed by atoms with van der Waals surface area (Å²) in [5.74, 6) is -0.945. The molecular formula is C14H17BrN2O3. The second-order valence-corrected chi connectivity index (χ2v) is 5.64. The van der Waals surface area contributed by atoms with E-state index in [1.54, 1.807) is 0 Å². The van der Waals surface area contributed by atoms with Crippen LogP contribution in [0.3, 0.4) is 0 Å². The number of carbonyl (C=O) groups is 2. The monoisotopic (exact) mass is 340 g/mol. The quantitative estimate of drug-likeness (QED) is 0.888. The Bertz CT molecular complexity index is 533. The molecule has 1 saturated heterocycles. The molecule has 0 saturated carbocycles. The molecule has 1 aromatic rings. The normalized spacial score (nSPS) is 18.1. The zero-order valence-electron chi connectivity index (χ0n) is 11.2. The van der Waals surface area contributed by atoms with Crippen LogP contribution in [0.4, 0.5) is 10.5 Å². The number of halogens is 1. The number of carboxylic acid groups (broad SMARTS) is 1. The highest BCUT2D eigenvalue weighted by Crippen LogP contribution is 2.25. The van der Waals surface area contributed by atoms with Crippen molar-refractivity contribution in [3.8, 4) is 0 Å². The molecule has 1 atom stereocenters. The fourth-order valence-electron chi connectivity index (χ4n) is 2.34. The van der Waals surface area contributed by atoms with Crippen molar-refractivity contribution in [2.75, 3.05) is 11.9 Å². The van der Waals surface area contributed by atoms with E-state index in [2.05, 4.69) is 21.2 Å². The number of hydrogen-bond donors (Lipinski definition) is 2. The van der Waals surface area contributed by atoms with Gasteiger partial charge < -0.3 is 15.3 Å². The summed E-state index contributed by atoms with van der Waals surface area (Å²) in [6.45, 7) is 2.52. The van der Waals surface area contributed by atoms with E-state index >= 15 is 0 Å². The fourth-order valence-corrected chi connectivity index (χ4v) is 2.69. The predicted molar refractivity (Wildman–Crippen MR) is 79.9 cm³/mol. The van der Waals surface area contributed by atoms with Gasteiger partial charge in [0.25, 0.3) is 0 Å². The third kappa shape index (κ3) is 3.12. The van der Waals surface area contributed by atoms with Crippen molar-refractivity contribution in [3.63, 3.8) is 0 Å². The van der Waals surface area contributed by atoms with E-state index in [-0.39, 0.29) is 6.03 Å². The third-order valence-electron chi connectivity index (χ3n) is 3.48. The lowest BCUT2D eigenvalue weighted by Gasteiger charge is -2.22. The SMILES string of the molecule is CCc1ccc(Br)c(NC(=O)N2CCCC2C(=O)O)c1. The van der Waals surface area contributed by atoms with Crippen LogP contribution < -0.4 is 5.32 Å². The topological polar surface area (TPSA) is 69.6 Å². The van der Waals surface area contributed by atoms with Crippen LogP contribution in [0.1, 0.15) is 25.3 Å². The van der Waals surface area contributed by atoms with Gasteiger partial charge in [0.1, 0.15) is 6.04 Å². The van der Waals surface area contributed by atoms with Gasteiger partial charge in [0, 0.05) is 11.0 Å². The molecule has 0 aliphatic carbocycles. The van der Waals surface area contributed by atoms with E-state index in [0.29, 0.717) is 18.7 Å². The van der Waals surface area contributed by atoms with Gasteiger partial charge in [0.2, 0.25) is 0 Å². The maximum absolute atomic E-state index is 12.2. The van der Waals surface area contributed by atoms with Gasteiger partial charge in [-0.3, -0.25) is 0 Å². The Balaban J connectivity index is 2.13. The number of carboxylic acids is 1. The standard InChI is InChI=1S/C14H17BrN2O3/c1-2-9-5-6-10(15)11(8-9)16-14(20)17-7-3-4-12(17)13(18)19/h5-6,8,12H,2-4,7H2,1H3,(H,16,20)(H,18,19). The molecule has 20 heavy (non-hydrogen) atoms. The molecule has 1 aliphatic heterocycles. The largest absolute Gasteiger partial charge is 0.480 e. The molecule has 0 spiro atoms. The minimum Gasteiger partial charge on any atom is -0.480 e. The Morgan fingerprint density at radius 1 is 1.50 bits per heavy atom. The number of rotatable bonds is 3. The van der Waals surface area contributed by atoms with Crippen LogP contribution >= 0.6 is 15.9 Å². The fraction of sp³-hybridized carbons (Fsp3) is 0.429. The minimum absolute atomic E-state index is 0.358. The highest BCUT2D eigenvalue weighted by molar-refractivity contribution is 9.10. The molecule has 0 aromatic heterocycles. The molecule has 1 fully saturated rings. The number of amides is 2. The van der Waals surface area contributed by atoms with Crippen LogP contribution in [-0.2, 0) is 11.2 Å². The number of anilines is 1. The number of aliphatic carboxylic acids is 1. The molecule has 6 heteroatoms. The minimum atomic E-state index is -0.945. The second-order valence-electron chi connectivity index (χ2n) is 4.79. The zero-order valence-corrected chi connectivity index (χ0v) is 12.8. The molecule has 2 amide bonds. The highest BCUT2D eigenvalue weighted by atomic mass is 79.9. The number of urea groups is 1. The van der Waals surface area contributed by atoms with Crippen molar-refractivity contribution >= 4 is 33.6 Å². The lowest BCUT2D eigenvalue weighted by Crippen LogP contribution is -2.42. The Hall–Kier alpha value is -1.56. The predicted octanol–water partition coefficient (Wildman–Crippen LogP) is 3.09. The molecule has 1 aliphatic rings. The van der Waals surface area contributed by atoms with E-state index in [9.17, 15) is 9.59 Å². The summed E-state index contributed by atoms with van der Waals surface area (Å²) in [6, 6.07) is 4.68. The van der Waals surface area contributed by atoms with E-state index < -0.39 is 12.0 Å². The van der Waals surface area contributed by atoms with Gasteiger partial charge in [-0.25, -0.2) is 9.59 Å². The van der Waals surface area contributed by atoms with E-state index in [1.165, 1.54) is 4.90 Å². The van der Waals surface area contributed by atoms with Crippen LogP contribution in [0.25, 0.3) is 0 Å². The second kappa shape index (κ2) is 6.26. The molecule has 1 unspecified atom stereocenters. The van der Waals surface area contributed by atoms with Gasteiger partial charge in [-0.05, 0) is 52.9 Å². The number of nitrogens with one attached hydrogen (secondary N) is 1. The molecule has 0 bridgehead atoms. The average molecular weight is 341 g/mol. The van der Waals surface area contributed by atoms with Crippen molar-refractivity contribution in [2.24, 2.45) is 0 Å². The Labute approximate surface area is 126 Å². The first-order valence-corrected chi connectivity index (χ1v) is 7.41. The van der Waals surface area contributed by atoms with Crippen LogP contribution in [0.2, 0.25) is 0 Å². The van der Waals surface area contributed by atoms with E-state index in [4.69, 9.17) is 5.11 Å². The molecule has 2 N–H and O–H groups in total. The van der Waals surface area contributed by atoms with Crippen LogP contribution in [0.5, 0.6) is 0 Å². The summed E-state index contributed by atoms with van der Waals surface area (Å²) in [5.41, 5.74) is 1.78. The average Bonchev–Trinajstić information content (AvgIpc) is 2.90. The van der Waals surface area contributed by atoms with Gasteiger partial charge in [-0.2, -0.15) is 0 Å². The van der Waals surface area contributed by atoms with Crippen LogP contribution in [0.15, 0.2) is 22.7 Å². The molecule has 2 rings (SSSR count). The van der Waals surface area contributed by atoms with Crippen molar-refractivity contribution in [1.82, 2.24) is 4.90 Å². The molecule has 1 heterocycles. The Morgan fingerprint density at radius 2 is 2.25 bits per heavy atom. The zero-order chi connectivity index (χ0) is 14.7. The van der Waals surface area contributed by atoms with E-state index in [1.807, 2.05) is 25.1 Å². The van der Waals surface area contributed by atoms with Gasteiger partial charge in [-0.15, -0.1) is 0 Å². The van der Waals surface area contributed by atoms with Crippen LogP contribution in [-0.4, -0.2) is 34.6 Å². The lowest BCUT2D eigenvalue weighted by atomic mass is 10.1. The summed E-state index contributed by atoms with van der Waals surface area (Å²) in [4.78, 5) is 24.7. The van der Waals surface area contributed by atoms with Gasteiger partial charge in [0.05, 0.1) is 5.69 Å². The maximum Gasteiger partial charge on any atom is 0.326 e. The first-order chi connectivity index (χ1) is 9.52. The van der Waals surface area contributed by atoms with Gasteiger partial charge in [-0.1, -0.05) is 13.0 Å². The van der Waals surface area contributed by atoms with Crippen molar-refractivity contribution < 1.29 is 14.7 Å². The highest BCUT2D eigenvalue weighted by Gasteiger charge is 2.34. The molecule has 108 valence electrons. The lowest BCUT2D eigenvalue weighted by molar-refractivity contribution is -0.141. The molecule has 1 aromatic carbocycles. The van der Waals surface area contributed by atoms with Gasteiger partial charge >= 0.3 is 12.0 Å². The number of nitrogens with zero attached hydrogens (tertiary/aromatic N) is 1. The summed E-state index contributed by atoms with van der Waals surface area (Å²) in [7, 11) is 0. The van der Waals surface area contributed by atoms with Crippen molar-refractivity contribution in [3.05, 3.63) is 28.2 Å². The number of benzene rings is 1. The van der Waals surface area contributed by atoms with E-state index in [0.717, 1.165) is 22.9 Å². The number of hydrogen-bond acceptors (Lipinski definition) is 2. The summed E-state index contributed by atoms with van der Waals surface area (Å²) in [6.07, 6.45) is 2.11. The summed E-state index contributed by atoms with van der Waals surface area (Å²) in [5, 5.41) is 11.9. The molecular weight excluding hydrogens is 324 g/mol. The van der Waals surface area contributed by atoms with Crippen LogP contribution in [0, 0.1) is 0 Å². The first-order valence-electron chi connectivity index (χ1n) is 6.61. The van der Waals surface area contributed by atoms with Crippen molar-refractivity contribution in [1.29, 1.82) is 0 Å².